The first-order valence-electron chi connectivity index (χ1n) is 8.93. The second kappa shape index (κ2) is 8.11. The Morgan fingerprint density at radius 2 is 2.00 bits per heavy atom. The molecule has 0 unspecified atom stereocenters. The lowest BCUT2D eigenvalue weighted by molar-refractivity contribution is -0.126. The Hall–Kier alpha value is -2.72. The Labute approximate surface area is 163 Å². The molecule has 3 N–H and O–H groups in total. The normalized spacial score (nSPS) is 16.0. The molecule has 1 saturated heterocycles. The van der Waals surface area contributed by atoms with Gasteiger partial charge < -0.3 is 15.6 Å². The third-order valence-electron chi connectivity index (χ3n) is 4.86. The number of piperidine rings is 1. The van der Waals surface area contributed by atoms with Crippen LogP contribution in [0, 0.1) is 5.92 Å². The summed E-state index contributed by atoms with van der Waals surface area (Å²) in [4.78, 5) is 27.9. The molecule has 0 bridgehead atoms. The Bertz CT molecular complexity index is 963. The van der Waals surface area contributed by atoms with Gasteiger partial charge in [-0.15, -0.1) is 0 Å². The summed E-state index contributed by atoms with van der Waals surface area (Å²) in [6.07, 6.45) is 3.91. The van der Waals surface area contributed by atoms with Crippen molar-refractivity contribution in [1.29, 1.82) is 0 Å². The minimum atomic E-state index is -3.74. The Morgan fingerprint density at radius 3 is 2.57 bits per heavy atom. The first-order chi connectivity index (χ1) is 13.3. The number of hydrogen-bond donors (Lipinski definition) is 2. The predicted molar refractivity (Wildman–Crippen MR) is 101 cm³/mol. The number of aromatic nitrogens is 2. The summed E-state index contributed by atoms with van der Waals surface area (Å²) in [5, 5.41) is 2.85. The van der Waals surface area contributed by atoms with E-state index >= 15 is 0 Å². The van der Waals surface area contributed by atoms with Gasteiger partial charge in [0.2, 0.25) is 15.9 Å². The molecule has 0 radical (unpaired) electrons. The number of hydrogen-bond acceptors (Lipinski definition) is 5. The molecule has 2 amide bonds. The van der Waals surface area contributed by atoms with Crippen molar-refractivity contribution >= 4 is 21.8 Å². The van der Waals surface area contributed by atoms with Gasteiger partial charge in [-0.25, -0.2) is 8.42 Å². The molecule has 1 aliphatic heterocycles. The second-order valence-electron chi connectivity index (χ2n) is 6.75. The number of pyridine rings is 1. The number of rotatable bonds is 6. The molecule has 3 rings (SSSR count). The number of aryl methyl sites for hydroxylation is 1. The average Bonchev–Trinajstić information content (AvgIpc) is 3.10. The minimum Gasteiger partial charge on any atom is -0.364 e. The zero-order chi connectivity index (χ0) is 20.3. The fourth-order valence-electron chi connectivity index (χ4n) is 3.25. The molecule has 0 aromatic carbocycles. The molecule has 0 saturated carbocycles. The summed E-state index contributed by atoms with van der Waals surface area (Å²) in [6, 6.07) is 6.77. The van der Waals surface area contributed by atoms with E-state index in [4.69, 9.17) is 5.73 Å². The molecule has 3 heterocycles. The largest absolute Gasteiger partial charge is 0.364 e. The topological polar surface area (TPSA) is 127 Å². The van der Waals surface area contributed by atoms with E-state index in [0.29, 0.717) is 19.4 Å². The summed E-state index contributed by atoms with van der Waals surface area (Å²) in [5.74, 6) is -1.03. The van der Waals surface area contributed by atoms with Crippen molar-refractivity contribution in [2.45, 2.75) is 24.3 Å². The van der Waals surface area contributed by atoms with E-state index in [1.54, 1.807) is 19.3 Å². The number of sulfonamides is 1. The quantitative estimate of drug-likeness (QED) is 0.711. The standard InChI is InChI=1S/C18H23N5O4S/c1-22-12-15(10-16(22)17(19)24)28(26,27)23-8-5-13(6-9-23)18(25)21-11-14-4-2-3-7-20-14/h2-4,7,10,12-13H,5-6,8-9,11H2,1H3,(H2,19,24)(H,21,25). The van der Waals surface area contributed by atoms with Gasteiger partial charge in [0.1, 0.15) is 10.6 Å². The van der Waals surface area contributed by atoms with Crippen LogP contribution in [0.1, 0.15) is 29.0 Å². The highest BCUT2D eigenvalue weighted by Crippen LogP contribution is 2.25. The molecule has 150 valence electrons. The number of nitrogens with zero attached hydrogens (tertiary/aromatic N) is 3. The highest BCUT2D eigenvalue weighted by atomic mass is 32.2. The minimum absolute atomic E-state index is 0.0295. The van der Waals surface area contributed by atoms with Crippen molar-refractivity contribution in [3.05, 3.63) is 48.0 Å². The molecule has 2 aromatic rings. The predicted octanol–water partition coefficient (Wildman–Crippen LogP) is 0.236. The van der Waals surface area contributed by atoms with Crippen LogP contribution in [0.4, 0.5) is 0 Å². The summed E-state index contributed by atoms with van der Waals surface area (Å²) in [5.41, 5.74) is 6.15. The smallest absolute Gasteiger partial charge is 0.265 e. The van der Waals surface area contributed by atoms with Crippen LogP contribution in [0.5, 0.6) is 0 Å². The maximum Gasteiger partial charge on any atom is 0.265 e. The molecule has 1 fully saturated rings. The molecule has 0 spiro atoms. The van der Waals surface area contributed by atoms with E-state index in [0.717, 1.165) is 5.69 Å². The number of nitrogens with two attached hydrogens (primary N) is 1. The van der Waals surface area contributed by atoms with Crippen molar-refractivity contribution in [2.75, 3.05) is 13.1 Å². The van der Waals surface area contributed by atoms with Gasteiger partial charge in [-0.05, 0) is 31.0 Å². The van der Waals surface area contributed by atoms with Crippen LogP contribution in [0.3, 0.4) is 0 Å². The average molecular weight is 405 g/mol. The highest BCUT2D eigenvalue weighted by Gasteiger charge is 2.33. The Morgan fingerprint density at radius 1 is 1.29 bits per heavy atom. The van der Waals surface area contributed by atoms with Crippen molar-refractivity contribution in [2.24, 2.45) is 18.7 Å². The lowest BCUT2D eigenvalue weighted by atomic mass is 9.97. The number of carbonyl (C=O) groups excluding carboxylic acids is 2. The summed E-state index contributed by atoms with van der Waals surface area (Å²) >= 11 is 0. The third-order valence-corrected chi connectivity index (χ3v) is 6.73. The van der Waals surface area contributed by atoms with E-state index in [-0.39, 0.29) is 35.5 Å². The van der Waals surface area contributed by atoms with E-state index in [1.807, 2.05) is 12.1 Å². The van der Waals surface area contributed by atoms with Gasteiger partial charge in [-0.3, -0.25) is 14.6 Å². The molecule has 0 aliphatic carbocycles. The third kappa shape index (κ3) is 4.23. The van der Waals surface area contributed by atoms with Gasteiger partial charge >= 0.3 is 0 Å². The molecule has 28 heavy (non-hydrogen) atoms. The lowest BCUT2D eigenvalue weighted by Gasteiger charge is -2.30. The van der Waals surface area contributed by atoms with Crippen LogP contribution < -0.4 is 11.1 Å². The summed E-state index contributed by atoms with van der Waals surface area (Å²) < 4.78 is 28.4. The highest BCUT2D eigenvalue weighted by molar-refractivity contribution is 7.89. The molecule has 10 heteroatoms. The van der Waals surface area contributed by atoms with Gasteiger partial charge in [-0.1, -0.05) is 6.07 Å². The second-order valence-corrected chi connectivity index (χ2v) is 8.69. The zero-order valence-electron chi connectivity index (χ0n) is 15.5. The first-order valence-corrected chi connectivity index (χ1v) is 10.4. The van der Waals surface area contributed by atoms with Crippen LogP contribution >= 0.6 is 0 Å². The van der Waals surface area contributed by atoms with Crippen LogP contribution in [0.15, 0.2) is 41.6 Å². The van der Waals surface area contributed by atoms with E-state index in [9.17, 15) is 18.0 Å². The Kier molecular flexibility index (Phi) is 5.80. The number of primary amides is 1. The molecular formula is C18H23N5O4S. The Balaban J connectivity index is 1.59. The maximum absolute atomic E-state index is 12.8. The van der Waals surface area contributed by atoms with E-state index in [2.05, 4.69) is 10.3 Å². The van der Waals surface area contributed by atoms with Crippen molar-refractivity contribution in [3.63, 3.8) is 0 Å². The molecular weight excluding hydrogens is 382 g/mol. The summed E-state index contributed by atoms with van der Waals surface area (Å²) in [6.45, 7) is 0.827. The van der Waals surface area contributed by atoms with Crippen LogP contribution in [-0.2, 0) is 28.4 Å². The fraction of sp³-hybridized carbons (Fsp3) is 0.389. The maximum atomic E-state index is 12.8. The van der Waals surface area contributed by atoms with Crippen molar-refractivity contribution in [1.82, 2.24) is 19.2 Å². The molecule has 2 aromatic heterocycles. The fourth-order valence-corrected chi connectivity index (χ4v) is 4.79. The van der Waals surface area contributed by atoms with E-state index in [1.165, 1.54) is 21.1 Å². The molecule has 0 atom stereocenters. The summed E-state index contributed by atoms with van der Waals surface area (Å²) in [7, 11) is -2.17. The SMILES string of the molecule is Cn1cc(S(=O)(=O)N2CCC(C(=O)NCc3ccccn3)CC2)cc1C(N)=O. The molecule has 1 aliphatic rings. The van der Waals surface area contributed by atoms with Gasteiger partial charge in [-0.2, -0.15) is 4.31 Å². The van der Waals surface area contributed by atoms with Crippen molar-refractivity contribution in [3.8, 4) is 0 Å². The van der Waals surface area contributed by atoms with Crippen LogP contribution in [0.2, 0.25) is 0 Å². The van der Waals surface area contributed by atoms with Gasteiger partial charge in [0.15, 0.2) is 0 Å². The van der Waals surface area contributed by atoms with Gasteiger partial charge in [0.05, 0.1) is 12.2 Å². The lowest BCUT2D eigenvalue weighted by Crippen LogP contribution is -2.42. The van der Waals surface area contributed by atoms with Gasteiger partial charge in [0, 0.05) is 38.4 Å². The van der Waals surface area contributed by atoms with E-state index < -0.39 is 15.9 Å². The zero-order valence-corrected chi connectivity index (χ0v) is 16.4. The first kappa shape index (κ1) is 20.0. The number of amides is 2. The van der Waals surface area contributed by atoms with Crippen LogP contribution in [-0.4, -0.2) is 47.2 Å². The number of nitrogens with one attached hydrogen (secondary N) is 1. The number of carbonyl (C=O) groups is 2. The van der Waals surface area contributed by atoms with Crippen LogP contribution in [0.25, 0.3) is 0 Å². The van der Waals surface area contributed by atoms with Crippen molar-refractivity contribution < 1.29 is 18.0 Å². The van der Waals surface area contributed by atoms with Gasteiger partial charge in [0.25, 0.3) is 5.91 Å². The monoisotopic (exact) mass is 405 g/mol. The molecule has 9 nitrogen and oxygen atoms in total.